The van der Waals surface area contributed by atoms with E-state index in [1.54, 1.807) is 0 Å². The van der Waals surface area contributed by atoms with Crippen LogP contribution in [0, 0.1) is 16.8 Å². The molecule has 0 unspecified atom stereocenters. The minimum absolute atomic E-state index is 1.28. The standard InChI is InChI=1S/C6H2I3/c7-4-2-1-3-5(8)6(4)9/h2-3H. The SMILES string of the molecule is Ic1c[c]cc(I)c1I. The highest BCUT2D eigenvalue weighted by Gasteiger charge is 1.97. The summed E-state index contributed by atoms with van der Waals surface area (Å²) in [6, 6.07) is 7.03. The third-order valence-electron chi connectivity index (χ3n) is 0.839. The summed E-state index contributed by atoms with van der Waals surface area (Å²) in [4.78, 5) is 0. The van der Waals surface area contributed by atoms with Gasteiger partial charge in [0.2, 0.25) is 0 Å². The minimum atomic E-state index is 1.28. The lowest BCUT2D eigenvalue weighted by molar-refractivity contribution is 1.52. The molecule has 0 bridgehead atoms. The normalized spacial score (nSPS) is 9.67. The molecule has 1 aromatic carbocycles. The summed E-state index contributed by atoms with van der Waals surface area (Å²) < 4.78 is 3.88. The first-order chi connectivity index (χ1) is 4.22. The Morgan fingerprint density at radius 1 is 1.00 bits per heavy atom. The number of rotatable bonds is 0. The molecule has 0 aliphatic heterocycles. The average molecular weight is 455 g/mol. The minimum Gasteiger partial charge on any atom is -0.0431 e. The van der Waals surface area contributed by atoms with Gasteiger partial charge in [-0.2, -0.15) is 0 Å². The molecule has 0 aliphatic carbocycles. The molecule has 0 amide bonds. The van der Waals surface area contributed by atoms with E-state index in [-0.39, 0.29) is 0 Å². The monoisotopic (exact) mass is 455 g/mol. The topological polar surface area (TPSA) is 0 Å². The fourth-order valence-corrected chi connectivity index (χ4v) is 2.20. The van der Waals surface area contributed by atoms with E-state index in [1.807, 2.05) is 12.1 Å². The van der Waals surface area contributed by atoms with Gasteiger partial charge in [-0.15, -0.1) is 0 Å². The Bertz CT molecular complexity index is 199. The third-order valence-corrected chi connectivity index (χ3v) is 5.77. The molecular weight excluding hydrogens is 453 g/mol. The first kappa shape index (κ1) is 8.51. The summed E-state index contributed by atoms with van der Waals surface area (Å²) in [7, 11) is 0. The number of hydrogen-bond donors (Lipinski definition) is 0. The van der Waals surface area contributed by atoms with Crippen LogP contribution >= 0.6 is 67.8 Å². The predicted octanol–water partition coefficient (Wildman–Crippen LogP) is 3.30. The maximum Gasteiger partial charge on any atom is 0.0397 e. The van der Waals surface area contributed by atoms with Crippen LogP contribution in [0.2, 0.25) is 0 Å². The summed E-state index contributed by atoms with van der Waals surface area (Å²) in [6.45, 7) is 0. The Kier molecular flexibility index (Phi) is 3.50. The van der Waals surface area contributed by atoms with Crippen molar-refractivity contribution in [2.24, 2.45) is 0 Å². The van der Waals surface area contributed by atoms with Crippen LogP contribution in [0.25, 0.3) is 0 Å². The van der Waals surface area contributed by atoms with Crippen molar-refractivity contribution in [2.45, 2.75) is 0 Å². The summed E-state index contributed by atoms with van der Waals surface area (Å²) >= 11 is 6.95. The van der Waals surface area contributed by atoms with Crippen LogP contribution in [-0.2, 0) is 0 Å². The van der Waals surface area contributed by atoms with E-state index >= 15 is 0 Å². The van der Waals surface area contributed by atoms with Crippen LogP contribution in [-0.4, -0.2) is 0 Å². The molecule has 0 heterocycles. The Balaban J connectivity index is 3.25. The highest BCUT2D eigenvalue weighted by Crippen LogP contribution is 2.19. The van der Waals surface area contributed by atoms with Crippen LogP contribution in [0.4, 0.5) is 0 Å². The van der Waals surface area contributed by atoms with Gasteiger partial charge in [0.05, 0.1) is 0 Å². The average Bonchev–Trinajstić information content (AvgIpc) is 1.83. The van der Waals surface area contributed by atoms with Crippen molar-refractivity contribution in [3.8, 4) is 0 Å². The van der Waals surface area contributed by atoms with E-state index in [1.165, 1.54) is 10.7 Å². The molecule has 1 rings (SSSR count). The van der Waals surface area contributed by atoms with Crippen molar-refractivity contribution in [3.05, 3.63) is 28.9 Å². The summed E-state index contributed by atoms with van der Waals surface area (Å²) in [5.74, 6) is 0. The lowest BCUT2D eigenvalue weighted by Gasteiger charge is -1.95. The molecule has 0 N–H and O–H groups in total. The third kappa shape index (κ3) is 2.18. The smallest absolute Gasteiger partial charge is 0.0397 e. The molecule has 0 nitrogen and oxygen atoms in total. The van der Waals surface area contributed by atoms with Gasteiger partial charge in [0, 0.05) is 10.7 Å². The Hall–Kier alpha value is 1.41. The second-order valence-corrected chi connectivity index (χ2v) is 4.87. The second-order valence-electron chi connectivity index (χ2n) is 1.47. The van der Waals surface area contributed by atoms with Crippen LogP contribution in [0.15, 0.2) is 12.1 Å². The molecule has 0 atom stereocenters. The molecule has 47 valence electrons. The zero-order valence-corrected chi connectivity index (χ0v) is 10.8. The van der Waals surface area contributed by atoms with Crippen LogP contribution in [0.3, 0.4) is 0 Å². The fourth-order valence-electron chi connectivity index (χ4n) is 0.429. The van der Waals surface area contributed by atoms with E-state index < -0.39 is 0 Å². The number of benzene rings is 1. The van der Waals surface area contributed by atoms with E-state index in [4.69, 9.17) is 0 Å². The molecule has 1 aromatic rings. The fraction of sp³-hybridized carbons (Fsp3) is 0. The van der Waals surface area contributed by atoms with Crippen molar-refractivity contribution in [1.29, 1.82) is 0 Å². The summed E-state index contributed by atoms with van der Waals surface area (Å²) in [5.41, 5.74) is 0. The molecule has 1 radical (unpaired) electrons. The summed E-state index contributed by atoms with van der Waals surface area (Å²) in [5, 5.41) is 0. The Labute approximate surface area is 95.2 Å². The van der Waals surface area contributed by atoms with Crippen molar-refractivity contribution in [3.63, 3.8) is 0 Å². The Morgan fingerprint density at radius 3 is 1.78 bits per heavy atom. The second kappa shape index (κ2) is 3.70. The largest absolute Gasteiger partial charge is 0.0431 e. The molecule has 0 fully saturated rings. The molecule has 0 aromatic heterocycles. The van der Waals surface area contributed by atoms with E-state index in [0.717, 1.165) is 0 Å². The number of halogens is 3. The Morgan fingerprint density at radius 2 is 1.44 bits per heavy atom. The van der Waals surface area contributed by atoms with E-state index in [2.05, 4.69) is 73.8 Å². The zero-order valence-electron chi connectivity index (χ0n) is 4.29. The first-order valence-electron chi connectivity index (χ1n) is 2.22. The van der Waals surface area contributed by atoms with Gasteiger partial charge >= 0.3 is 0 Å². The molecule has 0 spiro atoms. The maximum absolute atomic E-state index is 3.05. The van der Waals surface area contributed by atoms with Crippen molar-refractivity contribution in [1.82, 2.24) is 0 Å². The molecule has 3 heteroatoms. The molecular formula is C6H2I3. The lowest BCUT2D eigenvalue weighted by Crippen LogP contribution is -1.82. The highest BCUT2D eigenvalue weighted by atomic mass is 127. The number of hydrogen-bond acceptors (Lipinski definition) is 0. The van der Waals surface area contributed by atoms with Crippen LogP contribution in [0.1, 0.15) is 0 Å². The van der Waals surface area contributed by atoms with Gasteiger partial charge in [-0.3, -0.25) is 0 Å². The van der Waals surface area contributed by atoms with E-state index in [0.29, 0.717) is 0 Å². The predicted molar refractivity (Wildman–Crippen MR) is 63.4 cm³/mol. The first-order valence-corrected chi connectivity index (χ1v) is 5.46. The van der Waals surface area contributed by atoms with E-state index in [9.17, 15) is 0 Å². The van der Waals surface area contributed by atoms with Gasteiger partial charge in [0.1, 0.15) is 0 Å². The van der Waals surface area contributed by atoms with Gasteiger partial charge in [-0.05, 0) is 86.0 Å². The van der Waals surface area contributed by atoms with Gasteiger partial charge in [0.15, 0.2) is 0 Å². The lowest BCUT2D eigenvalue weighted by atomic mass is 10.4. The highest BCUT2D eigenvalue weighted by molar-refractivity contribution is 14.1. The molecule has 0 saturated carbocycles. The molecule has 0 saturated heterocycles. The van der Waals surface area contributed by atoms with Gasteiger partial charge in [-0.25, -0.2) is 0 Å². The summed E-state index contributed by atoms with van der Waals surface area (Å²) in [6.07, 6.45) is 0. The van der Waals surface area contributed by atoms with Crippen molar-refractivity contribution < 1.29 is 0 Å². The van der Waals surface area contributed by atoms with Crippen LogP contribution < -0.4 is 0 Å². The quantitative estimate of drug-likeness (QED) is 0.417. The maximum atomic E-state index is 3.05. The molecule has 9 heavy (non-hydrogen) atoms. The zero-order chi connectivity index (χ0) is 6.85. The molecule has 0 aliphatic rings. The van der Waals surface area contributed by atoms with Gasteiger partial charge in [-0.1, -0.05) is 0 Å². The van der Waals surface area contributed by atoms with Crippen molar-refractivity contribution in [2.75, 3.05) is 0 Å². The van der Waals surface area contributed by atoms with Gasteiger partial charge < -0.3 is 0 Å². The van der Waals surface area contributed by atoms with Gasteiger partial charge in [0.25, 0.3) is 0 Å². The van der Waals surface area contributed by atoms with Crippen LogP contribution in [0.5, 0.6) is 0 Å². The van der Waals surface area contributed by atoms with Crippen molar-refractivity contribution >= 4 is 67.8 Å².